The first-order valence-electron chi connectivity index (χ1n) is 10.4. The highest BCUT2D eigenvalue weighted by Crippen LogP contribution is 2.12. The van der Waals surface area contributed by atoms with Crippen LogP contribution in [0, 0.1) is 0 Å². The van der Waals surface area contributed by atoms with Gasteiger partial charge < -0.3 is 20.7 Å². The monoisotopic (exact) mass is 429 g/mol. The summed E-state index contributed by atoms with van der Waals surface area (Å²) in [5.74, 6) is 0.820. The van der Waals surface area contributed by atoms with Crippen LogP contribution in [0.3, 0.4) is 0 Å². The molecule has 0 radical (unpaired) electrons. The van der Waals surface area contributed by atoms with E-state index in [0.717, 1.165) is 56.6 Å². The molecule has 8 heteroatoms. The predicted octanol–water partition coefficient (Wildman–Crippen LogP) is 2.66. The highest BCUT2D eigenvalue weighted by Gasteiger charge is 2.12. The van der Waals surface area contributed by atoms with Crippen LogP contribution >= 0.6 is 11.3 Å². The van der Waals surface area contributed by atoms with Crippen molar-refractivity contribution in [2.45, 2.75) is 26.4 Å². The minimum Gasteiger partial charge on any atom is -0.379 e. The number of hydrogen-bond acceptors (Lipinski definition) is 5. The van der Waals surface area contributed by atoms with Gasteiger partial charge in [0.15, 0.2) is 5.96 Å². The van der Waals surface area contributed by atoms with Gasteiger partial charge >= 0.3 is 0 Å². The van der Waals surface area contributed by atoms with Crippen LogP contribution in [0.15, 0.2) is 46.1 Å². The number of hydrogen-bond donors (Lipinski definition) is 3. The molecule has 162 valence electrons. The highest BCUT2D eigenvalue weighted by atomic mass is 32.1. The molecule has 2 heterocycles. The normalized spacial score (nSPS) is 15.0. The van der Waals surface area contributed by atoms with Crippen LogP contribution in [0.25, 0.3) is 0 Å². The molecule has 30 heavy (non-hydrogen) atoms. The molecule has 1 aliphatic heterocycles. The molecule has 0 aliphatic carbocycles. The zero-order chi connectivity index (χ0) is 21.0. The molecule has 1 saturated heterocycles. The van der Waals surface area contributed by atoms with Gasteiger partial charge in [-0.2, -0.15) is 11.3 Å². The van der Waals surface area contributed by atoms with Gasteiger partial charge in [0.2, 0.25) is 5.91 Å². The summed E-state index contributed by atoms with van der Waals surface area (Å²) < 4.78 is 5.34. The first-order valence-corrected chi connectivity index (χ1v) is 11.4. The quantitative estimate of drug-likeness (QED) is 0.422. The van der Waals surface area contributed by atoms with Crippen molar-refractivity contribution in [1.29, 1.82) is 0 Å². The van der Waals surface area contributed by atoms with E-state index in [-0.39, 0.29) is 5.91 Å². The van der Waals surface area contributed by atoms with E-state index >= 15 is 0 Å². The van der Waals surface area contributed by atoms with Crippen molar-refractivity contribution in [2.24, 2.45) is 4.99 Å². The number of nitrogens with one attached hydrogen (secondary N) is 3. The van der Waals surface area contributed by atoms with Gasteiger partial charge in [0, 0.05) is 44.8 Å². The first kappa shape index (κ1) is 22.3. The molecular weight excluding hydrogens is 398 g/mol. The zero-order valence-electron chi connectivity index (χ0n) is 17.5. The minimum absolute atomic E-state index is 0.0391. The third-order valence-electron chi connectivity index (χ3n) is 4.77. The lowest BCUT2D eigenvalue weighted by Crippen LogP contribution is -2.38. The summed E-state index contributed by atoms with van der Waals surface area (Å²) >= 11 is 1.68. The molecule has 3 rings (SSSR count). The molecule has 3 N–H and O–H groups in total. The second-order valence-corrected chi connectivity index (χ2v) is 7.91. The van der Waals surface area contributed by atoms with Crippen LogP contribution < -0.4 is 16.0 Å². The summed E-state index contributed by atoms with van der Waals surface area (Å²) in [6, 6.07) is 10.0. The number of morpholine rings is 1. The number of guanidine groups is 1. The van der Waals surface area contributed by atoms with Gasteiger partial charge in [-0.1, -0.05) is 12.1 Å². The fourth-order valence-electron chi connectivity index (χ4n) is 3.15. The molecule has 7 nitrogen and oxygen atoms in total. The van der Waals surface area contributed by atoms with Crippen molar-refractivity contribution in [1.82, 2.24) is 15.5 Å². The van der Waals surface area contributed by atoms with E-state index < -0.39 is 0 Å². The maximum atomic E-state index is 12.3. The van der Waals surface area contributed by atoms with Crippen LogP contribution in [0.2, 0.25) is 0 Å². The fourth-order valence-corrected chi connectivity index (χ4v) is 3.81. The van der Waals surface area contributed by atoms with Crippen LogP contribution in [-0.4, -0.2) is 56.2 Å². The molecule has 1 amide bonds. The Bertz CT molecular complexity index is 804. The van der Waals surface area contributed by atoms with Gasteiger partial charge in [0.05, 0.1) is 19.8 Å². The number of rotatable bonds is 9. The van der Waals surface area contributed by atoms with Crippen LogP contribution in [0.5, 0.6) is 0 Å². The predicted molar refractivity (Wildman–Crippen MR) is 123 cm³/mol. The average Bonchev–Trinajstić information content (AvgIpc) is 3.29. The van der Waals surface area contributed by atoms with E-state index in [1.165, 1.54) is 5.56 Å². The topological polar surface area (TPSA) is 78.0 Å². The Morgan fingerprint density at radius 1 is 1.20 bits per heavy atom. The molecule has 2 aromatic rings. The van der Waals surface area contributed by atoms with E-state index in [0.29, 0.717) is 19.5 Å². The van der Waals surface area contributed by atoms with Crippen molar-refractivity contribution in [3.63, 3.8) is 0 Å². The summed E-state index contributed by atoms with van der Waals surface area (Å²) in [7, 11) is 0. The van der Waals surface area contributed by atoms with E-state index in [1.54, 1.807) is 11.3 Å². The van der Waals surface area contributed by atoms with E-state index in [1.807, 2.05) is 24.3 Å². The number of amides is 1. The number of carbonyl (C=O) groups is 1. The lowest BCUT2D eigenvalue weighted by atomic mass is 10.2. The summed E-state index contributed by atoms with van der Waals surface area (Å²) in [4.78, 5) is 19.2. The maximum Gasteiger partial charge on any atom is 0.225 e. The Morgan fingerprint density at radius 2 is 2.07 bits per heavy atom. The number of anilines is 1. The van der Waals surface area contributed by atoms with Crippen molar-refractivity contribution >= 4 is 28.9 Å². The smallest absolute Gasteiger partial charge is 0.225 e. The van der Waals surface area contributed by atoms with Crippen molar-refractivity contribution in [3.05, 3.63) is 52.2 Å². The summed E-state index contributed by atoms with van der Waals surface area (Å²) in [6.45, 7) is 8.20. The number of aliphatic imine (C=N–C) groups is 1. The van der Waals surface area contributed by atoms with Gasteiger partial charge in [-0.3, -0.25) is 9.69 Å². The van der Waals surface area contributed by atoms with Gasteiger partial charge in [-0.15, -0.1) is 0 Å². The molecule has 0 saturated carbocycles. The van der Waals surface area contributed by atoms with Crippen LogP contribution in [0.4, 0.5) is 5.69 Å². The maximum absolute atomic E-state index is 12.3. The third kappa shape index (κ3) is 7.78. The largest absolute Gasteiger partial charge is 0.379 e. The number of ether oxygens (including phenoxy) is 1. The van der Waals surface area contributed by atoms with E-state index in [9.17, 15) is 4.79 Å². The summed E-state index contributed by atoms with van der Waals surface area (Å²) in [5.41, 5.74) is 3.11. The van der Waals surface area contributed by atoms with E-state index in [2.05, 4.69) is 49.6 Å². The first-order chi connectivity index (χ1) is 14.7. The van der Waals surface area contributed by atoms with Gasteiger partial charge in [0.25, 0.3) is 0 Å². The number of thiophene rings is 1. The Morgan fingerprint density at radius 3 is 2.83 bits per heavy atom. The minimum atomic E-state index is 0.0391. The molecule has 0 bridgehead atoms. The molecule has 0 unspecified atom stereocenters. The molecule has 1 fully saturated rings. The average molecular weight is 430 g/mol. The molecule has 0 atom stereocenters. The Hall–Kier alpha value is -2.42. The number of nitrogens with zero attached hydrogens (tertiary/aromatic N) is 2. The molecule has 1 aromatic heterocycles. The molecule has 0 spiro atoms. The summed E-state index contributed by atoms with van der Waals surface area (Å²) in [5, 5.41) is 13.8. The molecule has 1 aliphatic rings. The van der Waals surface area contributed by atoms with Gasteiger partial charge in [-0.05, 0) is 47.0 Å². The lowest BCUT2D eigenvalue weighted by Gasteiger charge is -2.26. The zero-order valence-corrected chi connectivity index (χ0v) is 18.3. The number of benzene rings is 1. The standard InChI is InChI=1S/C22H31N5O2S/c1-2-23-22(25-16-19-7-13-30-17-19)24-15-18-4-3-5-20(14-18)26-21(28)6-8-27-9-11-29-12-10-27/h3-5,7,13-14,17H,2,6,8-12,15-16H2,1H3,(H,26,28)(H2,23,24,25). The molecule has 1 aromatic carbocycles. The fraction of sp³-hybridized carbons (Fsp3) is 0.455. The highest BCUT2D eigenvalue weighted by molar-refractivity contribution is 7.07. The van der Waals surface area contributed by atoms with Gasteiger partial charge in [0.1, 0.15) is 0 Å². The SMILES string of the molecule is CCNC(=NCc1ccsc1)NCc1cccc(NC(=O)CCN2CCOCC2)c1. The Balaban J connectivity index is 1.47. The third-order valence-corrected chi connectivity index (χ3v) is 5.51. The lowest BCUT2D eigenvalue weighted by molar-refractivity contribution is -0.116. The van der Waals surface area contributed by atoms with Crippen molar-refractivity contribution in [3.8, 4) is 0 Å². The van der Waals surface area contributed by atoms with Crippen molar-refractivity contribution in [2.75, 3.05) is 44.7 Å². The van der Waals surface area contributed by atoms with Crippen LogP contribution in [0.1, 0.15) is 24.5 Å². The van der Waals surface area contributed by atoms with Gasteiger partial charge in [-0.25, -0.2) is 4.99 Å². The molecular formula is C22H31N5O2S. The van der Waals surface area contributed by atoms with Crippen molar-refractivity contribution < 1.29 is 9.53 Å². The second kappa shape index (κ2) is 12.3. The van der Waals surface area contributed by atoms with Crippen LogP contribution in [-0.2, 0) is 22.6 Å². The summed E-state index contributed by atoms with van der Waals surface area (Å²) in [6.07, 6.45) is 0.488. The second-order valence-electron chi connectivity index (χ2n) is 7.13. The number of carbonyl (C=O) groups excluding carboxylic acids is 1. The Kier molecular flexibility index (Phi) is 9.14. The Labute approximate surface area is 182 Å². The van der Waals surface area contributed by atoms with E-state index in [4.69, 9.17) is 4.74 Å².